The van der Waals surface area contributed by atoms with Crippen molar-refractivity contribution in [2.45, 2.75) is 39.2 Å². The van der Waals surface area contributed by atoms with Crippen molar-refractivity contribution < 1.29 is 4.79 Å². The molecule has 10 nitrogen and oxygen atoms in total. The van der Waals surface area contributed by atoms with Gasteiger partial charge in [0, 0.05) is 31.0 Å². The molecule has 4 aromatic heterocycles. The minimum absolute atomic E-state index is 0.0598. The van der Waals surface area contributed by atoms with Crippen LogP contribution in [0.25, 0.3) is 16.8 Å². The number of rotatable bonds is 4. The molecular weight excluding hydrogens is 394 g/mol. The average Bonchev–Trinajstić information content (AvgIpc) is 3.45. The van der Waals surface area contributed by atoms with E-state index in [9.17, 15) is 4.79 Å². The molecule has 0 radical (unpaired) electrons. The normalized spacial score (nSPS) is 17.5. The lowest BCUT2D eigenvalue weighted by Crippen LogP contribution is -2.33. The third kappa shape index (κ3) is 3.09. The Morgan fingerprint density at radius 3 is 2.97 bits per heavy atom. The van der Waals surface area contributed by atoms with Crippen LogP contribution in [0.2, 0.25) is 0 Å². The van der Waals surface area contributed by atoms with Crippen LogP contribution in [0.5, 0.6) is 0 Å². The van der Waals surface area contributed by atoms with Crippen molar-refractivity contribution in [1.82, 2.24) is 34.3 Å². The van der Waals surface area contributed by atoms with Gasteiger partial charge in [-0.1, -0.05) is 6.42 Å². The van der Waals surface area contributed by atoms with Crippen LogP contribution >= 0.6 is 0 Å². The van der Waals surface area contributed by atoms with Gasteiger partial charge in [-0.3, -0.25) is 4.79 Å². The first kappa shape index (κ1) is 18.2. The van der Waals surface area contributed by atoms with Crippen LogP contribution in [-0.2, 0) is 11.3 Å². The zero-order chi connectivity index (χ0) is 21.0. The summed E-state index contributed by atoms with van der Waals surface area (Å²) in [6.07, 6.45) is 10.3. The van der Waals surface area contributed by atoms with Crippen molar-refractivity contribution in [3.8, 4) is 0 Å². The van der Waals surface area contributed by atoms with E-state index in [1.807, 2.05) is 13.1 Å². The molecule has 5 heterocycles. The molecule has 2 aliphatic rings. The second-order valence-corrected chi connectivity index (χ2v) is 8.69. The smallest absolute Gasteiger partial charge is 0.246 e. The van der Waals surface area contributed by atoms with Gasteiger partial charge in [-0.05, 0) is 37.7 Å². The van der Waals surface area contributed by atoms with E-state index in [4.69, 9.17) is 4.98 Å². The number of hydrogen-bond donors (Lipinski definition) is 1. The monoisotopic (exact) mass is 417 g/mol. The summed E-state index contributed by atoms with van der Waals surface area (Å²) in [6.45, 7) is 4.01. The van der Waals surface area contributed by atoms with Crippen molar-refractivity contribution in [3.05, 3.63) is 36.5 Å². The fraction of sp³-hybridized carbons (Fsp3) is 0.429. The van der Waals surface area contributed by atoms with Crippen molar-refractivity contribution in [3.63, 3.8) is 0 Å². The number of hydrogen-bond acceptors (Lipinski definition) is 7. The summed E-state index contributed by atoms with van der Waals surface area (Å²) in [5, 5.41) is 11.5. The largest absolute Gasteiger partial charge is 0.355 e. The summed E-state index contributed by atoms with van der Waals surface area (Å²) < 4.78 is 3.28. The number of carbonyl (C=O) groups is 1. The Kier molecular flexibility index (Phi) is 3.95. The van der Waals surface area contributed by atoms with Crippen molar-refractivity contribution in [2.75, 3.05) is 23.3 Å². The highest BCUT2D eigenvalue weighted by Gasteiger charge is 2.43. The Hall–Kier alpha value is -3.56. The maximum atomic E-state index is 12.7. The molecule has 6 rings (SSSR count). The standard InChI is InChI=1S/C21H23N9O/c1-14-19-20(26-17(10-22-19)28-8-6-21(12-28)4-2-5-21)30(27-14)11-18(31)25-15-3-7-29-16(9-15)23-13-24-29/h3,7,9-10,13H,2,4-6,8,11-12H2,1H3,(H,25,31). The van der Waals surface area contributed by atoms with Gasteiger partial charge in [0.25, 0.3) is 0 Å². The second kappa shape index (κ2) is 6.73. The molecular formula is C21H23N9O. The van der Waals surface area contributed by atoms with Gasteiger partial charge in [0.15, 0.2) is 11.3 Å². The number of amides is 1. The van der Waals surface area contributed by atoms with Gasteiger partial charge in [-0.25, -0.2) is 24.1 Å². The van der Waals surface area contributed by atoms with Crippen LogP contribution in [0.15, 0.2) is 30.9 Å². The fourth-order valence-corrected chi connectivity index (χ4v) is 4.79. The van der Waals surface area contributed by atoms with E-state index in [0.717, 1.165) is 30.1 Å². The quantitative estimate of drug-likeness (QED) is 0.542. The number of carbonyl (C=O) groups excluding carboxylic acids is 1. The van der Waals surface area contributed by atoms with E-state index in [0.29, 0.717) is 22.4 Å². The number of nitrogens with one attached hydrogen (secondary N) is 1. The Morgan fingerprint density at radius 1 is 1.26 bits per heavy atom. The summed E-state index contributed by atoms with van der Waals surface area (Å²) in [5.41, 5.74) is 3.96. The molecule has 4 aromatic rings. The van der Waals surface area contributed by atoms with E-state index in [1.54, 1.807) is 27.5 Å². The lowest BCUT2D eigenvalue weighted by atomic mass is 9.68. The summed E-state index contributed by atoms with van der Waals surface area (Å²) in [7, 11) is 0. The summed E-state index contributed by atoms with van der Waals surface area (Å²) in [6, 6.07) is 3.56. The van der Waals surface area contributed by atoms with Gasteiger partial charge in [-0.2, -0.15) is 10.2 Å². The van der Waals surface area contributed by atoms with E-state index in [2.05, 4.69) is 30.4 Å². The molecule has 31 heavy (non-hydrogen) atoms. The van der Waals surface area contributed by atoms with Gasteiger partial charge in [0.2, 0.25) is 5.91 Å². The molecule has 2 fully saturated rings. The molecule has 1 saturated heterocycles. The first-order valence-electron chi connectivity index (χ1n) is 10.6. The molecule has 0 unspecified atom stereocenters. The number of aryl methyl sites for hydroxylation is 1. The van der Waals surface area contributed by atoms with Crippen molar-refractivity contribution in [2.24, 2.45) is 5.41 Å². The van der Waals surface area contributed by atoms with Crippen molar-refractivity contribution >= 4 is 34.2 Å². The van der Waals surface area contributed by atoms with Crippen LogP contribution in [0.4, 0.5) is 11.5 Å². The maximum absolute atomic E-state index is 12.7. The number of aromatic nitrogens is 7. The van der Waals surface area contributed by atoms with Gasteiger partial charge in [-0.15, -0.1) is 0 Å². The molecule has 10 heteroatoms. The summed E-state index contributed by atoms with van der Waals surface area (Å²) in [5.74, 6) is 0.685. The SMILES string of the molecule is Cc1nn(CC(=O)Nc2ccn3ncnc3c2)c2nc(N3CCC4(CCC4)C3)cnc12. The van der Waals surface area contributed by atoms with Gasteiger partial charge < -0.3 is 10.2 Å². The summed E-state index contributed by atoms with van der Waals surface area (Å²) in [4.78, 5) is 28.7. The lowest BCUT2D eigenvalue weighted by molar-refractivity contribution is -0.116. The van der Waals surface area contributed by atoms with E-state index < -0.39 is 0 Å². The minimum atomic E-state index is -0.185. The van der Waals surface area contributed by atoms with E-state index in [-0.39, 0.29) is 12.5 Å². The van der Waals surface area contributed by atoms with Crippen LogP contribution in [0.1, 0.15) is 31.4 Å². The Bertz CT molecular complexity index is 1300. The molecule has 1 spiro atoms. The van der Waals surface area contributed by atoms with Gasteiger partial charge in [0.1, 0.15) is 24.2 Å². The van der Waals surface area contributed by atoms with Crippen molar-refractivity contribution in [1.29, 1.82) is 0 Å². The molecule has 1 amide bonds. The second-order valence-electron chi connectivity index (χ2n) is 8.69. The molecule has 1 aliphatic carbocycles. The number of fused-ring (bicyclic) bond motifs is 2. The third-order valence-electron chi connectivity index (χ3n) is 6.63. The fourth-order valence-electron chi connectivity index (χ4n) is 4.79. The lowest BCUT2D eigenvalue weighted by Gasteiger charge is -2.38. The van der Waals surface area contributed by atoms with Crippen LogP contribution in [-0.4, -0.2) is 53.3 Å². The highest BCUT2D eigenvalue weighted by atomic mass is 16.2. The molecule has 1 aliphatic heterocycles. The molecule has 1 N–H and O–H groups in total. The number of anilines is 2. The first-order valence-corrected chi connectivity index (χ1v) is 10.6. The van der Waals surface area contributed by atoms with Crippen LogP contribution < -0.4 is 10.2 Å². The minimum Gasteiger partial charge on any atom is -0.355 e. The van der Waals surface area contributed by atoms with Crippen LogP contribution in [0, 0.1) is 12.3 Å². The number of pyridine rings is 1. The Balaban J connectivity index is 1.24. The van der Waals surface area contributed by atoms with E-state index in [1.165, 1.54) is 32.0 Å². The topological polar surface area (TPSA) is 106 Å². The molecule has 158 valence electrons. The molecule has 0 bridgehead atoms. The Morgan fingerprint density at radius 2 is 2.16 bits per heavy atom. The highest BCUT2D eigenvalue weighted by molar-refractivity contribution is 5.91. The summed E-state index contributed by atoms with van der Waals surface area (Å²) >= 11 is 0. The number of nitrogens with zero attached hydrogens (tertiary/aromatic N) is 8. The zero-order valence-electron chi connectivity index (χ0n) is 17.3. The highest BCUT2D eigenvalue weighted by Crippen LogP contribution is 2.48. The zero-order valence-corrected chi connectivity index (χ0v) is 17.3. The first-order chi connectivity index (χ1) is 15.1. The third-order valence-corrected chi connectivity index (χ3v) is 6.63. The Labute approximate surface area is 178 Å². The maximum Gasteiger partial charge on any atom is 0.246 e. The van der Waals surface area contributed by atoms with Gasteiger partial charge >= 0.3 is 0 Å². The van der Waals surface area contributed by atoms with Crippen LogP contribution in [0.3, 0.4) is 0 Å². The molecule has 1 saturated carbocycles. The predicted molar refractivity (Wildman–Crippen MR) is 115 cm³/mol. The predicted octanol–water partition coefficient (Wildman–Crippen LogP) is 2.20. The molecule has 0 atom stereocenters. The molecule has 0 aromatic carbocycles. The van der Waals surface area contributed by atoms with E-state index >= 15 is 0 Å². The van der Waals surface area contributed by atoms with Gasteiger partial charge in [0.05, 0.1) is 11.9 Å². The average molecular weight is 417 g/mol.